The molecule has 2 aliphatic rings. The zero-order chi connectivity index (χ0) is 20.1. The molecular formula is C18H25F3IN5O2. The smallest absolute Gasteiger partial charge is 0.243 e. The van der Waals surface area contributed by atoms with Gasteiger partial charge in [-0.15, -0.1) is 24.0 Å². The van der Waals surface area contributed by atoms with Gasteiger partial charge in [0.15, 0.2) is 23.4 Å². The Hall–Kier alpha value is -1.60. The van der Waals surface area contributed by atoms with Gasteiger partial charge in [0.1, 0.15) is 0 Å². The number of nitrogens with zero attached hydrogens (tertiary/aromatic N) is 3. The quantitative estimate of drug-likeness (QED) is 0.270. The topological polar surface area (TPSA) is 69.2 Å². The molecule has 2 N–H and O–H groups in total. The fraction of sp³-hybridized carbons (Fsp3) is 0.556. The van der Waals surface area contributed by atoms with E-state index in [-0.39, 0.29) is 30.5 Å². The first kappa shape index (κ1) is 23.7. The van der Waals surface area contributed by atoms with Gasteiger partial charge in [0.25, 0.3) is 0 Å². The molecule has 0 bridgehead atoms. The van der Waals surface area contributed by atoms with E-state index in [0.717, 1.165) is 57.9 Å². The Morgan fingerprint density at radius 3 is 2.62 bits per heavy atom. The third kappa shape index (κ3) is 5.95. The Kier molecular flexibility index (Phi) is 8.96. The Balaban J connectivity index is 0.00000300. The Morgan fingerprint density at radius 2 is 1.93 bits per heavy atom. The van der Waals surface area contributed by atoms with Gasteiger partial charge >= 0.3 is 0 Å². The number of aliphatic imine (C=N–C) groups is 1. The second-order valence-electron chi connectivity index (χ2n) is 6.71. The van der Waals surface area contributed by atoms with E-state index in [2.05, 4.69) is 25.4 Å². The number of hydrogen-bond acceptors (Lipinski definition) is 4. The zero-order valence-electron chi connectivity index (χ0n) is 16.1. The molecule has 1 unspecified atom stereocenters. The number of carbonyl (C=O) groups is 1. The lowest BCUT2D eigenvalue weighted by atomic mass is 10.2. The van der Waals surface area contributed by atoms with Gasteiger partial charge < -0.3 is 20.3 Å². The summed E-state index contributed by atoms with van der Waals surface area (Å²) in [5.41, 5.74) is -0.408. The summed E-state index contributed by atoms with van der Waals surface area (Å²) in [6, 6.07) is 2.15. The number of guanidine groups is 1. The van der Waals surface area contributed by atoms with Gasteiger partial charge in [-0.2, -0.15) is 0 Å². The standard InChI is InChI=1S/C18H24F3N5O2.HI/c1-22-18(26-5-4-12(11-26)25-6-8-28-9-7-25)23-10-15(27)24-14-3-2-13(19)16(20)17(14)21;/h2-3,12H,4-11H2,1H3,(H,22,23)(H,24,27);1H. The van der Waals surface area contributed by atoms with Gasteiger partial charge in [0.05, 0.1) is 25.4 Å². The van der Waals surface area contributed by atoms with Crippen LogP contribution in [0.25, 0.3) is 0 Å². The van der Waals surface area contributed by atoms with Crippen molar-refractivity contribution in [3.8, 4) is 0 Å². The molecule has 2 heterocycles. The average molecular weight is 527 g/mol. The highest BCUT2D eigenvalue weighted by Crippen LogP contribution is 2.19. The van der Waals surface area contributed by atoms with Gasteiger partial charge in [0.2, 0.25) is 5.91 Å². The first-order valence-corrected chi connectivity index (χ1v) is 9.20. The number of anilines is 1. The van der Waals surface area contributed by atoms with Crippen LogP contribution in [0, 0.1) is 17.5 Å². The minimum atomic E-state index is -1.62. The van der Waals surface area contributed by atoms with E-state index in [0.29, 0.717) is 12.0 Å². The lowest BCUT2D eigenvalue weighted by Gasteiger charge is -2.32. The largest absolute Gasteiger partial charge is 0.379 e. The molecule has 7 nitrogen and oxygen atoms in total. The third-order valence-corrected chi connectivity index (χ3v) is 4.95. The van der Waals surface area contributed by atoms with Crippen molar-refractivity contribution >= 4 is 41.5 Å². The summed E-state index contributed by atoms with van der Waals surface area (Å²) < 4.78 is 45.3. The maximum absolute atomic E-state index is 13.7. The molecule has 0 aromatic heterocycles. The summed E-state index contributed by atoms with van der Waals surface area (Å²) in [7, 11) is 1.62. The van der Waals surface area contributed by atoms with Gasteiger partial charge in [-0.3, -0.25) is 14.7 Å². The molecular weight excluding hydrogens is 502 g/mol. The fourth-order valence-corrected chi connectivity index (χ4v) is 3.48. The fourth-order valence-electron chi connectivity index (χ4n) is 3.48. The van der Waals surface area contributed by atoms with Crippen LogP contribution in [0.4, 0.5) is 18.9 Å². The van der Waals surface area contributed by atoms with Crippen LogP contribution in [0.1, 0.15) is 6.42 Å². The number of morpholine rings is 1. The molecule has 3 rings (SSSR count). The highest BCUT2D eigenvalue weighted by molar-refractivity contribution is 14.0. The number of nitrogens with one attached hydrogen (secondary N) is 2. The van der Waals surface area contributed by atoms with Crippen molar-refractivity contribution in [3.05, 3.63) is 29.6 Å². The average Bonchev–Trinajstić information content (AvgIpc) is 3.20. The maximum atomic E-state index is 13.7. The van der Waals surface area contributed by atoms with Gasteiger partial charge in [0, 0.05) is 39.3 Å². The summed E-state index contributed by atoms with van der Waals surface area (Å²) in [5, 5.41) is 5.16. The van der Waals surface area contributed by atoms with E-state index < -0.39 is 29.0 Å². The van der Waals surface area contributed by atoms with Crippen LogP contribution in [0.5, 0.6) is 0 Å². The molecule has 11 heteroatoms. The number of amides is 1. The van der Waals surface area contributed by atoms with E-state index in [1.165, 1.54) is 0 Å². The molecule has 1 aromatic carbocycles. The molecule has 29 heavy (non-hydrogen) atoms. The summed E-state index contributed by atoms with van der Waals surface area (Å²) in [4.78, 5) is 20.7. The lowest BCUT2D eigenvalue weighted by Crippen LogP contribution is -2.47. The van der Waals surface area contributed by atoms with Gasteiger partial charge in [-0.1, -0.05) is 0 Å². The number of rotatable bonds is 4. The van der Waals surface area contributed by atoms with E-state index in [1.54, 1.807) is 7.05 Å². The van der Waals surface area contributed by atoms with Gasteiger partial charge in [-0.05, 0) is 18.6 Å². The summed E-state index contributed by atoms with van der Waals surface area (Å²) in [5.74, 6) is -4.37. The number of likely N-dealkylation sites (tertiary alicyclic amines) is 1. The number of carbonyl (C=O) groups excluding carboxylic acids is 1. The molecule has 2 saturated heterocycles. The zero-order valence-corrected chi connectivity index (χ0v) is 18.4. The number of halogens is 4. The van der Waals surface area contributed by atoms with Crippen molar-refractivity contribution in [2.45, 2.75) is 12.5 Å². The maximum Gasteiger partial charge on any atom is 0.243 e. The third-order valence-electron chi connectivity index (χ3n) is 4.95. The highest BCUT2D eigenvalue weighted by Gasteiger charge is 2.30. The second kappa shape index (κ2) is 11.0. The molecule has 2 fully saturated rings. The van der Waals surface area contributed by atoms with Crippen LogP contribution < -0.4 is 10.6 Å². The van der Waals surface area contributed by atoms with Crippen LogP contribution in [0.2, 0.25) is 0 Å². The predicted molar refractivity (Wildman–Crippen MR) is 114 cm³/mol. The van der Waals surface area contributed by atoms with E-state index in [4.69, 9.17) is 4.74 Å². The Labute approximate surface area is 184 Å². The van der Waals surface area contributed by atoms with Crippen LogP contribution in [-0.4, -0.2) is 80.7 Å². The highest BCUT2D eigenvalue weighted by atomic mass is 127. The first-order valence-electron chi connectivity index (χ1n) is 9.20. The molecule has 0 saturated carbocycles. The molecule has 162 valence electrons. The normalized spacial score (nSPS) is 20.3. The number of hydrogen-bond donors (Lipinski definition) is 2. The second-order valence-corrected chi connectivity index (χ2v) is 6.71. The first-order chi connectivity index (χ1) is 13.5. The van der Waals surface area contributed by atoms with Crippen LogP contribution >= 0.6 is 24.0 Å². The minimum Gasteiger partial charge on any atom is -0.379 e. The lowest BCUT2D eigenvalue weighted by molar-refractivity contribution is -0.115. The van der Waals surface area contributed by atoms with Crippen molar-refractivity contribution in [3.63, 3.8) is 0 Å². The van der Waals surface area contributed by atoms with Gasteiger partial charge in [-0.25, -0.2) is 13.2 Å². The van der Waals surface area contributed by atoms with Crippen molar-refractivity contribution in [2.75, 3.05) is 58.3 Å². The monoisotopic (exact) mass is 527 g/mol. The SMILES string of the molecule is CN=C(NCC(=O)Nc1ccc(F)c(F)c1F)N1CCC(N2CCOCC2)C1.I. The van der Waals surface area contributed by atoms with Crippen molar-refractivity contribution in [1.29, 1.82) is 0 Å². The van der Waals surface area contributed by atoms with E-state index >= 15 is 0 Å². The molecule has 1 amide bonds. The molecule has 1 aromatic rings. The van der Waals surface area contributed by atoms with Crippen molar-refractivity contribution in [2.24, 2.45) is 4.99 Å². The molecule has 2 aliphatic heterocycles. The van der Waals surface area contributed by atoms with E-state index in [1.807, 2.05) is 0 Å². The number of benzene rings is 1. The predicted octanol–water partition coefficient (Wildman–Crippen LogP) is 1.64. The summed E-state index contributed by atoms with van der Waals surface area (Å²) in [6.45, 7) is 4.72. The van der Waals surface area contributed by atoms with Crippen LogP contribution in [-0.2, 0) is 9.53 Å². The number of ether oxygens (including phenoxy) is 1. The van der Waals surface area contributed by atoms with Crippen molar-refractivity contribution < 1.29 is 22.7 Å². The Bertz CT molecular complexity index is 746. The van der Waals surface area contributed by atoms with E-state index in [9.17, 15) is 18.0 Å². The molecule has 0 spiro atoms. The molecule has 1 atom stereocenters. The van der Waals surface area contributed by atoms with Crippen LogP contribution in [0.15, 0.2) is 17.1 Å². The Morgan fingerprint density at radius 1 is 1.21 bits per heavy atom. The molecule has 0 radical (unpaired) electrons. The molecule has 0 aliphatic carbocycles. The summed E-state index contributed by atoms with van der Waals surface area (Å²) in [6.07, 6.45) is 0.993. The summed E-state index contributed by atoms with van der Waals surface area (Å²) >= 11 is 0. The van der Waals surface area contributed by atoms with Crippen LogP contribution in [0.3, 0.4) is 0 Å². The van der Waals surface area contributed by atoms with Crippen molar-refractivity contribution in [1.82, 2.24) is 15.1 Å². The minimum absolute atomic E-state index is 0.